The first-order chi connectivity index (χ1) is 8.54. The van der Waals surface area contributed by atoms with Crippen LogP contribution in [0.4, 0.5) is 4.79 Å². The van der Waals surface area contributed by atoms with Crippen molar-refractivity contribution in [1.82, 2.24) is 10.6 Å². The van der Waals surface area contributed by atoms with E-state index >= 15 is 0 Å². The number of hydrogen-bond acceptors (Lipinski definition) is 4. The maximum atomic E-state index is 11.6. The zero-order chi connectivity index (χ0) is 13.5. The Morgan fingerprint density at radius 1 is 1.28 bits per heavy atom. The van der Waals surface area contributed by atoms with E-state index in [1.165, 1.54) is 7.05 Å². The number of hydrogen-bond donors (Lipinski definition) is 3. The summed E-state index contributed by atoms with van der Waals surface area (Å²) >= 11 is 0. The van der Waals surface area contributed by atoms with E-state index in [4.69, 9.17) is 10.5 Å². The largest absolute Gasteiger partial charge is 0.364 e. The summed E-state index contributed by atoms with van der Waals surface area (Å²) in [5, 5.41) is 4.52. The Hall–Kier alpha value is -1.14. The molecule has 0 bridgehead atoms. The molecule has 0 aromatic heterocycles. The molecule has 6 heteroatoms. The molecule has 104 valence electrons. The van der Waals surface area contributed by atoms with Crippen LogP contribution >= 0.6 is 0 Å². The molecule has 1 fully saturated rings. The van der Waals surface area contributed by atoms with Crippen molar-refractivity contribution in [1.29, 1.82) is 0 Å². The Bertz CT molecular complexity index is 296. The molecule has 18 heavy (non-hydrogen) atoms. The molecule has 0 spiro atoms. The smallest absolute Gasteiger partial charge is 0.321 e. The van der Waals surface area contributed by atoms with Gasteiger partial charge in [-0.3, -0.25) is 10.1 Å². The highest BCUT2D eigenvalue weighted by atomic mass is 16.5. The SMILES string of the molecule is CNC(=O)NC(=O)C(C)OC1CCCCCC1N. The van der Waals surface area contributed by atoms with Gasteiger partial charge in [0.1, 0.15) is 6.10 Å². The first kappa shape index (κ1) is 14.9. The minimum Gasteiger partial charge on any atom is -0.364 e. The van der Waals surface area contributed by atoms with Gasteiger partial charge in [-0.15, -0.1) is 0 Å². The van der Waals surface area contributed by atoms with E-state index in [-0.39, 0.29) is 12.1 Å². The van der Waals surface area contributed by atoms with Crippen LogP contribution in [-0.2, 0) is 9.53 Å². The van der Waals surface area contributed by atoms with Gasteiger partial charge < -0.3 is 15.8 Å². The minimum absolute atomic E-state index is 0.0252. The van der Waals surface area contributed by atoms with Crippen molar-refractivity contribution in [2.24, 2.45) is 5.73 Å². The van der Waals surface area contributed by atoms with E-state index in [0.717, 1.165) is 32.1 Å². The third kappa shape index (κ3) is 4.62. The number of carbonyl (C=O) groups excluding carboxylic acids is 2. The molecular formula is C12H23N3O3. The predicted octanol–water partition coefficient (Wildman–Crippen LogP) is 0.507. The van der Waals surface area contributed by atoms with Crippen LogP contribution in [0.3, 0.4) is 0 Å². The Balaban J connectivity index is 2.44. The highest BCUT2D eigenvalue weighted by Crippen LogP contribution is 2.20. The molecule has 1 rings (SSSR count). The number of nitrogens with two attached hydrogens (primary N) is 1. The Kier molecular flexibility index (Phi) is 6.07. The molecule has 3 atom stereocenters. The lowest BCUT2D eigenvalue weighted by Crippen LogP contribution is -2.46. The molecule has 0 heterocycles. The van der Waals surface area contributed by atoms with Crippen molar-refractivity contribution in [3.63, 3.8) is 0 Å². The third-order valence-corrected chi connectivity index (χ3v) is 3.22. The van der Waals surface area contributed by atoms with Crippen LogP contribution in [0, 0.1) is 0 Å². The van der Waals surface area contributed by atoms with Gasteiger partial charge in [0.15, 0.2) is 0 Å². The first-order valence-electron chi connectivity index (χ1n) is 6.48. The standard InChI is InChI=1S/C12H23N3O3/c1-8(11(16)15-12(17)14-2)18-10-7-5-3-4-6-9(10)13/h8-10H,3-7,13H2,1-2H3,(H2,14,15,16,17). The fourth-order valence-electron chi connectivity index (χ4n) is 2.07. The fourth-order valence-corrected chi connectivity index (χ4v) is 2.07. The summed E-state index contributed by atoms with van der Waals surface area (Å²) in [4.78, 5) is 22.7. The predicted molar refractivity (Wildman–Crippen MR) is 68.0 cm³/mol. The quantitative estimate of drug-likeness (QED) is 0.642. The summed E-state index contributed by atoms with van der Waals surface area (Å²) in [6.07, 6.45) is 4.37. The van der Waals surface area contributed by atoms with Crippen molar-refractivity contribution in [3.8, 4) is 0 Å². The van der Waals surface area contributed by atoms with E-state index in [1.807, 2.05) is 0 Å². The monoisotopic (exact) mass is 257 g/mol. The van der Waals surface area contributed by atoms with E-state index < -0.39 is 18.0 Å². The molecule has 1 aliphatic rings. The first-order valence-corrected chi connectivity index (χ1v) is 6.48. The maximum absolute atomic E-state index is 11.6. The van der Waals surface area contributed by atoms with Crippen molar-refractivity contribution < 1.29 is 14.3 Å². The lowest BCUT2D eigenvalue weighted by molar-refractivity contribution is -0.135. The molecular weight excluding hydrogens is 234 g/mol. The van der Waals surface area contributed by atoms with E-state index in [0.29, 0.717) is 0 Å². The fraction of sp³-hybridized carbons (Fsp3) is 0.833. The summed E-state index contributed by atoms with van der Waals surface area (Å²) in [5.41, 5.74) is 6.02. The molecule has 1 saturated carbocycles. The molecule has 0 saturated heterocycles. The Morgan fingerprint density at radius 2 is 1.94 bits per heavy atom. The molecule has 0 aliphatic heterocycles. The summed E-state index contributed by atoms with van der Waals surface area (Å²) in [6.45, 7) is 1.63. The second kappa shape index (κ2) is 7.33. The third-order valence-electron chi connectivity index (χ3n) is 3.22. The van der Waals surface area contributed by atoms with Gasteiger partial charge in [0.2, 0.25) is 0 Å². The molecule has 4 N–H and O–H groups in total. The topological polar surface area (TPSA) is 93.5 Å². The van der Waals surface area contributed by atoms with Gasteiger partial charge in [-0.25, -0.2) is 4.79 Å². The summed E-state index contributed by atoms with van der Waals surface area (Å²) in [5.74, 6) is -0.439. The number of ether oxygens (including phenoxy) is 1. The zero-order valence-corrected chi connectivity index (χ0v) is 11.1. The summed E-state index contributed by atoms with van der Waals surface area (Å²) < 4.78 is 5.67. The molecule has 1 aliphatic carbocycles. The lowest BCUT2D eigenvalue weighted by Gasteiger charge is -2.25. The second-order valence-corrected chi connectivity index (χ2v) is 4.69. The molecule has 0 aromatic carbocycles. The van der Waals surface area contributed by atoms with Gasteiger partial charge in [0.05, 0.1) is 6.10 Å². The van der Waals surface area contributed by atoms with Gasteiger partial charge in [0.25, 0.3) is 5.91 Å². The van der Waals surface area contributed by atoms with Crippen molar-refractivity contribution >= 4 is 11.9 Å². The van der Waals surface area contributed by atoms with Crippen molar-refractivity contribution in [2.75, 3.05) is 7.05 Å². The normalized spacial score (nSPS) is 25.9. The zero-order valence-electron chi connectivity index (χ0n) is 11.1. The molecule has 0 aromatic rings. The van der Waals surface area contributed by atoms with Gasteiger partial charge in [-0.2, -0.15) is 0 Å². The number of urea groups is 1. The number of carbonyl (C=O) groups is 2. The molecule has 0 radical (unpaired) electrons. The van der Waals surface area contributed by atoms with Gasteiger partial charge >= 0.3 is 6.03 Å². The van der Waals surface area contributed by atoms with E-state index in [2.05, 4.69) is 10.6 Å². The van der Waals surface area contributed by atoms with Crippen LogP contribution in [0.25, 0.3) is 0 Å². The second-order valence-electron chi connectivity index (χ2n) is 4.69. The highest BCUT2D eigenvalue weighted by molar-refractivity contribution is 5.96. The molecule has 3 amide bonds. The van der Waals surface area contributed by atoms with Crippen LogP contribution in [0.2, 0.25) is 0 Å². The number of amides is 3. The summed E-state index contributed by atoms with van der Waals surface area (Å²) in [7, 11) is 1.45. The maximum Gasteiger partial charge on any atom is 0.321 e. The average Bonchev–Trinajstić information content (AvgIpc) is 2.54. The highest BCUT2D eigenvalue weighted by Gasteiger charge is 2.26. The Labute approximate surface area is 108 Å². The molecule has 6 nitrogen and oxygen atoms in total. The van der Waals surface area contributed by atoms with Crippen LogP contribution < -0.4 is 16.4 Å². The van der Waals surface area contributed by atoms with Gasteiger partial charge in [-0.05, 0) is 19.8 Å². The van der Waals surface area contributed by atoms with Crippen LogP contribution in [0.5, 0.6) is 0 Å². The van der Waals surface area contributed by atoms with E-state index in [1.54, 1.807) is 6.92 Å². The summed E-state index contributed by atoms with van der Waals surface area (Å²) in [6, 6.07) is -0.552. The van der Waals surface area contributed by atoms with Crippen molar-refractivity contribution in [2.45, 2.75) is 57.3 Å². The van der Waals surface area contributed by atoms with Crippen LogP contribution in [0.1, 0.15) is 39.0 Å². The number of rotatable bonds is 3. The average molecular weight is 257 g/mol. The van der Waals surface area contributed by atoms with Gasteiger partial charge in [-0.1, -0.05) is 19.3 Å². The van der Waals surface area contributed by atoms with Crippen LogP contribution in [0.15, 0.2) is 0 Å². The lowest BCUT2D eigenvalue weighted by atomic mass is 10.1. The minimum atomic E-state index is -0.670. The van der Waals surface area contributed by atoms with Gasteiger partial charge in [0, 0.05) is 13.1 Å². The molecule has 3 unspecified atom stereocenters. The van der Waals surface area contributed by atoms with E-state index in [9.17, 15) is 9.59 Å². The van der Waals surface area contributed by atoms with Crippen LogP contribution in [-0.4, -0.2) is 37.2 Å². The number of imide groups is 1. The Morgan fingerprint density at radius 3 is 2.61 bits per heavy atom. The van der Waals surface area contributed by atoms with Crippen molar-refractivity contribution in [3.05, 3.63) is 0 Å². The number of nitrogens with one attached hydrogen (secondary N) is 2.